The largest absolute Gasteiger partial charge is 0.309 e. The summed E-state index contributed by atoms with van der Waals surface area (Å²) >= 11 is 1.84. The van der Waals surface area contributed by atoms with E-state index in [0.29, 0.717) is 17.5 Å². The molecule has 0 atom stereocenters. The van der Waals surface area contributed by atoms with Crippen molar-refractivity contribution in [2.24, 2.45) is 0 Å². The minimum atomic E-state index is 0.651. The van der Waals surface area contributed by atoms with Crippen LogP contribution in [0.2, 0.25) is 0 Å². The van der Waals surface area contributed by atoms with Crippen LogP contribution in [0.5, 0.6) is 0 Å². The minimum absolute atomic E-state index is 0.651. The van der Waals surface area contributed by atoms with Crippen LogP contribution in [0.1, 0.15) is 0 Å². The van der Waals surface area contributed by atoms with Gasteiger partial charge in [-0.1, -0.05) is 133 Å². The highest BCUT2D eigenvalue weighted by Crippen LogP contribution is 2.44. The van der Waals surface area contributed by atoms with Gasteiger partial charge in [-0.05, 0) is 52.6 Å². The van der Waals surface area contributed by atoms with Crippen LogP contribution in [0.25, 0.3) is 103 Å². The van der Waals surface area contributed by atoms with Crippen LogP contribution in [0.15, 0.2) is 170 Å². The van der Waals surface area contributed by atoms with E-state index in [1.54, 1.807) is 0 Å². The van der Waals surface area contributed by atoms with Crippen molar-refractivity contribution in [1.82, 2.24) is 19.5 Å². The van der Waals surface area contributed by atoms with Crippen molar-refractivity contribution in [3.8, 4) is 39.9 Å². The second-order valence-electron chi connectivity index (χ2n) is 13.2. The minimum Gasteiger partial charge on any atom is -0.309 e. The Labute approximate surface area is 302 Å². The second-order valence-corrected chi connectivity index (χ2v) is 14.3. The van der Waals surface area contributed by atoms with Gasteiger partial charge in [-0.25, -0.2) is 15.0 Å². The van der Waals surface area contributed by atoms with E-state index in [9.17, 15) is 0 Å². The maximum Gasteiger partial charge on any atom is 0.164 e. The molecule has 242 valence electrons. The fourth-order valence-electron chi connectivity index (χ4n) is 7.85. The third-order valence-electron chi connectivity index (χ3n) is 10.2. The van der Waals surface area contributed by atoms with E-state index < -0.39 is 0 Å². The van der Waals surface area contributed by atoms with Gasteiger partial charge in [0.2, 0.25) is 0 Å². The number of hydrogen-bond acceptors (Lipinski definition) is 4. The molecule has 0 aliphatic heterocycles. The van der Waals surface area contributed by atoms with Crippen molar-refractivity contribution in [2.75, 3.05) is 0 Å². The van der Waals surface area contributed by atoms with Gasteiger partial charge in [0.05, 0.1) is 11.0 Å². The zero-order chi connectivity index (χ0) is 34.2. The lowest BCUT2D eigenvalue weighted by atomic mass is 9.99. The van der Waals surface area contributed by atoms with E-state index in [-0.39, 0.29) is 0 Å². The molecule has 3 aromatic heterocycles. The summed E-state index contributed by atoms with van der Waals surface area (Å²) in [5, 5.41) is 9.75. The highest BCUT2D eigenvalue weighted by molar-refractivity contribution is 7.26. The Morgan fingerprint density at radius 1 is 0.404 bits per heavy atom. The zero-order valence-electron chi connectivity index (χ0n) is 27.9. The average Bonchev–Trinajstić information content (AvgIpc) is 3.77. The van der Waals surface area contributed by atoms with Crippen molar-refractivity contribution in [3.63, 3.8) is 0 Å². The summed E-state index contributed by atoms with van der Waals surface area (Å²) < 4.78 is 4.94. The first-order valence-corrected chi connectivity index (χ1v) is 18.3. The lowest BCUT2D eigenvalue weighted by Crippen LogP contribution is -2.01. The summed E-state index contributed by atoms with van der Waals surface area (Å²) in [5.74, 6) is 1.96. The van der Waals surface area contributed by atoms with Crippen LogP contribution in [0.3, 0.4) is 0 Å². The summed E-state index contributed by atoms with van der Waals surface area (Å²) in [4.78, 5) is 15.5. The molecule has 0 saturated heterocycles. The van der Waals surface area contributed by atoms with E-state index in [1.807, 2.05) is 47.7 Å². The second kappa shape index (κ2) is 11.4. The zero-order valence-corrected chi connectivity index (χ0v) is 28.7. The highest BCUT2D eigenvalue weighted by Gasteiger charge is 2.20. The van der Waals surface area contributed by atoms with E-state index in [1.165, 1.54) is 58.1 Å². The van der Waals surface area contributed by atoms with E-state index in [0.717, 1.165) is 27.8 Å². The van der Waals surface area contributed by atoms with Gasteiger partial charge >= 0.3 is 0 Å². The molecule has 0 fully saturated rings. The Morgan fingerprint density at radius 3 is 1.81 bits per heavy atom. The standard InChI is InChI=1S/C47H28N4S/c1-3-14-30(15-4-1)45-48-46(31-16-5-2-6-17-31)50-47(49-45)39-28-38-34-19-10-12-22-42(34)52-44(38)35-25-24-32(27-37(35)39)51-40-21-11-9-20-36(40)43-33-18-8-7-13-29(33)23-26-41(43)51/h1-28H. The molecule has 0 saturated carbocycles. The van der Waals surface area contributed by atoms with E-state index in [4.69, 9.17) is 15.0 Å². The van der Waals surface area contributed by atoms with Crippen LogP contribution in [0.4, 0.5) is 0 Å². The molecule has 0 unspecified atom stereocenters. The van der Waals surface area contributed by atoms with Crippen molar-refractivity contribution < 1.29 is 0 Å². The SMILES string of the molecule is c1ccc(-c2nc(-c3ccccc3)nc(-c3cc4c5ccccc5sc4c4ccc(-n5c6ccccc6c6c7ccccc7ccc65)cc34)n2)cc1. The first-order chi connectivity index (χ1) is 25.8. The molecule has 8 aromatic carbocycles. The molecule has 52 heavy (non-hydrogen) atoms. The van der Waals surface area contributed by atoms with Gasteiger partial charge in [0, 0.05) is 58.7 Å². The Bertz CT molecular complexity index is 3120. The third kappa shape index (κ3) is 4.43. The van der Waals surface area contributed by atoms with Crippen LogP contribution in [-0.4, -0.2) is 19.5 Å². The lowest BCUT2D eigenvalue weighted by Gasteiger charge is -2.14. The Kier molecular flexibility index (Phi) is 6.39. The number of rotatable bonds is 4. The number of aromatic nitrogens is 4. The Morgan fingerprint density at radius 2 is 1.04 bits per heavy atom. The van der Waals surface area contributed by atoms with Crippen molar-refractivity contribution in [3.05, 3.63) is 170 Å². The molecule has 11 rings (SSSR count). The molecule has 5 heteroatoms. The molecular weight excluding hydrogens is 653 g/mol. The highest BCUT2D eigenvalue weighted by atomic mass is 32.1. The summed E-state index contributed by atoms with van der Waals surface area (Å²) in [6.45, 7) is 0. The third-order valence-corrected chi connectivity index (χ3v) is 11.4. The molecule has 0 aliphatic rings. The Balaban J connectivity index is 1.25. The maximum absolute atomic E-state index is 5.22. The number of nitrogens with zero attached hydrogens (tertiary/aromatic N) is 4. The first kappa shape index (κ1) is 29.1. The fourth-order valence-corrected chi connectivity index (χ4v) is 9.08. The number of hydrogen-bond donors (Lipinski definition) is 0. The van der Waals surface area contributed by atoms with Crippen LogP contribution < -0.4 is 0 Å². The molecule has 4 nitrogen and oxygen atoms in total. The lowest BCUT2D eigenvalue weighted by molar-refractivity contribution is 1.08. The molecule has 11 aromatic rings. The summed E-state index contributed by atoms with van der Waals surface area (Å²) in [5.41, 5.74) is 6.34. The number of fused-ring (bicyclic) bond motifs is 10. The van der Waals surface area contributed by atoms with Gasteiger partial charge in [0.1, 0.15) is 0 Å². The monoisotopic (exact) mass is 680 g/mol. The van der Waals surface area contributed by atoms with Crippen LogP contribution in [-0.2, 0) is 0 Å². The molecule has 0 N–H and O–H groups in total. The fraction of sp³-hybridized carbons (Fsp3) is 0. The van der Waals surface area contributed by atoms with Crippen molar-refractivity contribution in [2.45, 2.75) is 0 Å². The van der Waals surface area contributed by atoms with E-state index >= 15 is 0 Å². The summed E-state index contributed by atoms with van der Waals surface area (Å²) in [6, 6.07) is 60.2. The van der Waals surface area contributed by atoms with Crippen molar-refractivity contribution in [1.29, 1.82) is 0 Å². The van der Waals surface area contributed by atoms with Gasteiger partial charge in [-0.15, -0.1) is 11.3 Å². The Hall–Kier alpha value is -6.69. The van der Waals surface area contributed by atoms with Gasteiger partial charge < -0.3 is 4.57 Å². The molecule has 0 amide bonds. The van der Waals surface area contributed by atoms with Gasteiger partial charge in [-0.3, -0.25) is 0 Å². The number of thiophene rings is 1. The molecule has 0 bridgehead atoms. The molecular formula is C47H28N4S. The van der Waals surface area contributed by atoms with Gasteiger partial charge in [0.15, 0.2) is 17.5 Å². The first-order valence-electron chi connectivity index (χ1n) is 17.5. The average molecular weight is 681 g/mol. The smallest absolute Gasteiger partial charge is 0.164 e. The number of para-hydroxylation sites is 1. The molecule has 0 spiro atoms. The van der Waals surface area contributed by atoms with Gasteiger partial charge in [0.25, 0.3) is 0 Å². The van der Waals surface area contributed by atoms with Crippen LogP contribution >= 0.6 is 11.3 Å². The molecule has 0 radical (unpaired) electrons. The predicted octanol–water partition coefficient (Wildman–Crippen LogP) is 12.6. The number of benzene rings is 8. The topological polar surface area (TPSA) is 43.6 Å². The van der Waals surface area contributed by atoms with Crippen molar-refractivity contribution >= 4 is 74.9 Å². The normalized spacial score (nSPS) is 11.8. The molecule has 0 aliphatic carbocycles. The quantitative estimate of drug-likeness (QED) is 0.186. The van der Waals surface area contributed by atoms with Gasteiger partial charge in [-0.2, -0.15) is 0 Å². The maximum atomic E-state index is 5.22. The van der Waals surface area contributed by atoms with E-state index in [2.05, 4.69) is 138 Å². The summed E-state index contributed by atoms with van der Waals surface area (Å²) in [6.07, 6.45) is 0. The van der Waals surface area contributed by atoms with Crippen LogP contribution in [0, 0.1) is 0 Å². The molecule has 3 heterocycles. The predicted molar refractivity (Wildman–Crippen MR) is 218 cm³/mol. The summed E-state index contributed by atoms with van der Waals surface area (Å²) in [7, 11) is 0.